The van der Waals surface area contributed by atoms with E-state index in [0.29, 0.717) is 23.9 Å². The molecule has 6 rings (SSSR count). The van der Waals surface area contributed by atoms with Gasteiger partial charge < -0.3 is 25.0 Å². The molecule has 3 aromatic rings. The second-order valence-electron chi connectivity index (χ2n) is 8.76. The van der Waals surface area contributed by atoms with E-state index in [1.807, 2.05) is 36.4 Å². The maximum absolute atomic E-state index is 5.90. The summed E-state index contributed by atoms with van der Waals surface area (Å²) in [6.07, 6.45) is 3.90. The summed E-state index contributed by atoms with van der Waals surface area (Å²) in [5.41, 5.74) is 2.87. The standard InChI is InChI=1S/C23H26N6O2/c1-3-18(31-12-16-7-10-30-11-16)4-2-17(1)27-22-21-19(24-15-25-22)5-6-20(28-21)29-13-23(14-29)8-9-26-23/h1-6,15-16,26H,7-14H2,(H,24,25,27). The molecular weight excluding hydrogens is 392 g/mol. The molecule has 2 aromatic heterocycles. The number of aromatic nitrogens is 3. The third-order valence-corrected chi connectivity index (χ3v) is 6.51. The number of fused-ring (bicyclic) bond motifs is 1. The minimum atomic E-state index is 0.319. The lowest BCUT2D eigenvalue weighted by Gasteiger charge is -2.56. The summed E-state index contributed by atoms with van der Waals surface area (Å²) in [6, 6.07) is 12.0. The van der Waals surface area contributed by atoms with E-state index in [1.165, 1.54) is 6.42 Å². The molecule has 3 aliphatic rings. The van der Waals surface area contributed by atoms with Gasteiger partial charge in [0.1, 0.15) is 23.4 Å². The van der Waals surface area contributed by atoms with E-state index in [-0.39, 0.29) is 0 Å². The van der Waals surface area contributed by atoms with Gasteiger partial charge in [-0.3, -0.25) is 0 Å². The maximum Gasteiger partial charge on any atom is 0.160 e. The molecule has 8 nitrogen and oxygen atoms in total. The van der Waals surface area contributed by atoms with Crippen molar-refractivity contribution < 1.29 is 9.47 Å². The van der Waals surface area contributed by atoms with Crippen molar-refractivity contribution >= 4 is 28.4 Å². The van der Waals surface area contributed by atoms with Crippen LogP contribution >= 0.6 is 0 Å². The van der Waals surface area contributed by atoms with Crippen molar-refractivity contribution in [1.82, 2.24) is 20.3 Å². The summed E-state index contributed by atoms with van der Waals surface area (Å²) in [4.78, 5) is 16.0. The molecule has 3 aliphatic heterocycles. The molecule has 0 amide bonds. The largest absolute Gasteiger partial charge is 0.493 e. The highest BCUT2D eigenvalue weighted by Crippen LogP contribution is 2.34. The van der Waals surface area contributed by atoms with Crippen molar-refractivity contribution in [1.29, 1.82) is 0 Å². The number of ether oxygens (including phenoxy) is 2. The Hall–Kier alpha value is -2.97. The number of pyridine rings is 1. The SMILES string of the molecule is c1nc(Nc2ccc(OCC3CCOC3)cc2)c2nc(N3CC4(CCN4)C3)ccc2n1. The predicted molar refractivity (Wildman–Crippen MR) is 119 cm³/mol. The average molecular weight is 419 g/mol. The second kappa shape index (κ2) is 7.62. The van der Waals surface area contributed by atoms with Gasteiger partial charge >= 0.3 is 0 Å². The second-order valence-corrected chi connectivity index (χ2v) is 8.76. The van der Waals surface area contributed by atoms with Crippen LogP contribution < -0.4 is 20.3 Å². The molecule has 160 valence electrons. The zero-order valence-corrected chi connectivity index (χ0v) is 17.4. The van der Waals surface area contributed by atoms with E-state index in [4.69, 9.17) is 14.5 Å². The highest BCUT2D eigenvalue weighted by molar-refractivity contribution is 5.88. The Morgan fingerprint density at radius 1 is 1.16 bits per heavy atom. The third kappa shape index (κ3) is 3.66. The number of hydrogen-bond acceptors (Lipinski definition) is 8. The minimum absolute atomic E-state index is 0.319. The molecule has 1 spiro atoms. The monoisotopic (exact) mass is 418 g/mol. The molecule has 3 saturated heterocycles. The summed E-state index contributed by atoms with van der Waals surface area (Å²) in [5, 5.41) is 6.94. The third-order valence-electron chi connectivity index (χ3n) is 6.51. The van der Waals surface area contributed by atoms with Crippen LogP contribution in [0.2, 0.25) is 0 Å². The Balaban J connectivity index is 1.16. The van der Waals surface area contributed by atoms with Gasteiger partial charge in [0.05, 0.1) is 24.3 Å². The predicted octanol–water partition coefficient (Wildman–Crippen LogP) is 2.74. The van der Waals surface area contributed by atoms with Crippen LogP contribution in [0.15, 0.2) is 42.7 Å². The number of benzene rings is 1. The Kier molecular flexibility index (Phi) is 4.61. The number of anilines is 3. The lowest BCUT2D eigenvalue weighted by Crippen LogP contribution is -2.76. The average Bonchev–Trinajstić information content (AvgIpc) is 3.25. The van der Waals surface area contributed by atoms with Gasteiger partial charge in [-0.1, -0.05) is 0 Å². The molecule has 0 bridgehead atoms. The van der Waals surface area contributed by atoms with Gasteiger partial charge in [-0.25, -0.2) is 15.0 Å². The van der Waals surface area contributed by atoms with Crippen molar-refractivity contribution in [3.63, 3.8) is 0 Å². The van der Waals surface area contributed by atoms with Gasteiger partial charge in [-0.05, 0) is 55.8 Å². The van der Waals surface area contributed by atoms with Crippen LogP contribution in [0.3, 0.4) is 0 Å². The van der Waals surface area contributed by atoms with Gasteiger partial charge in [0, 0.05) is 31.3 Å². The summed E-state index contributed by atoms with van der Waals surface area (Å²) in [5.74, 6) is 3.04. The summed E-state index contributed by atoms with van der Waals surface area (Å²) in [6.45, 7) is 5.48. The fourth-order valence-electron chi connectivity index (χ4n) is 4.49. The van der Waals surface area contributed by atoms with Crippen LogP contribution in [0.5, 0.6) is 5.75 Å². The van der Waals surface area contributed by atoms with E-state index >= 15 is 0 Å². The maximum atomic E-state index is 5.90. The normalized spacial score (nSPS) is 21.7. The first kappa shape index (κ1) is 18.8. The van der Waals surface area contributed by atoms with Crippen LogP contribution in [-0.2, 0) is 4.74 Å². The summed E-state index contributed by atoms with van der Waals surface area (Å²) < 4.78 is 11.3. The summed E-state index contributed by atoms with van der Waals surface area (Å²) >= 11 is 0. The molecule has 1 aromatic carbocycles. The lowest BCUT2D eigenvalue weighted by atomic mass is 9.80. The summed E-state index contributed by atoms with van der Waals surface area (Å²) in [7, 11) is 0. The first-order chi connectivity index (χ1) is 15.3. The smallest absolute Gasteiger partial charge is 0.160 e. The van der Waals surface area contributed by atoms with Crippen molar-refractivity contribution in [3.05, 3.63) is 42.7 Å². The highest BCUT2D eigenvalue weighted by Gasteiger charge is 2.47. The quantitative estimate of drug-likeness (QED) is 0.632. The molecule has 1 unspecified atom stereocenters. The molecule has 0 aliphatic carbocycles. The van der Waals surface area contributed by atoms with Crippen LogP contribution in [0, 0.1) is 5.92 Å². The van der Waals surface area contributed by atoms with Crippen molar-refractivity contribution in [3.8, 4) is 5.75 Å². The Morgan fingerprint density at radius 3 is 2.77 bits per heavy atom. The Morgan fingerprint density at radius 2 is 2.03 bits per heavy atom. The number of nitrogens with one attached hydrogen (secondary N) is 2. The fourth-order valence-corrected chi connectivity index (χ4v) is 4.49. The first-order valence-corrected chi connectivity index (χ1v) is 11.0. The van der Waals surface area contributed by atoms with Gasteiger partial charge in [-0.15, -0.1) is 0 Å². The van der Waals surface area contributed by atoms with Crippen molar-refractivity contribution in [2.24, 2.45) is 5.92 Å². The fraction of sp³-hybridized carbons (Fsp3) is 0.435. The number of rotatable bonds is 6. The van der Waals surface area contributed by atoms with E-state index < -0.39 is 0 Å². The first-order valence-electron chi connectivity index (χ1n) is 11.0. The molecule has 8 heteroatoms. The van der Waals surface area contributed by atoms with Crippen LogP contribution in [0.1, 0.15) is 12.8 Å². The van der Waals surface area contributed by atoms with E-state index in [1.54, 1.807) is 6.33 Å². The Bertz CT molecular complexity index is 1070. The molecule has 0 saturated carbocycles. The van der Waals surface area contributed by atoms with Crippen molar-refractivity contribution in [2.45, 2.75) is 18.4 Å². The minimum Gasteiger partial charge on any atom is -0.493 e. The lowest BCUT2D eigenvalue weighted by molar-refractivity contribution is 0.159. The van der Waals surface area contributed by atoms with Gasteiger partial charge in [0.15, 0.2) is 5.82 Å². The van der Waals surface area contributed by atoms with E-state index in [9.17, 15) is 0 Å². The molecule has 2 N–H and O–H groups in total. The van der Waals surface area contributed by atoms with Crippen LogP contribution in [0.4, 0.5) is 17.3 Å². The van der Waals surface area contributed by atoms with E-state index in [0.717, 1.165) is 67.6 Å². The van der Waals surface area contributed by atoms with Gasteiger partial charge in [-0.2, -0.15) is 0 Å². The molecule has 5 heterocycles. The highest BCUT2D eigenvalue weighted by atomic mass is 16.5. The van der Waals surface area contributed by atoms with E-state index in [2.05, 4.69) is 25.5 Å². The zero-order chi connectivity index (χ0) is 20.7. The van der Waals surface area contributed by atoms with Crippen LogP contribution in [0.25, 0.3) is 11.0 Å². The topological polar surface area (TPSA) is 84.4 Å². The molecule has 0 radical (unpaired) electrons. The van der Waals surface area contributed by atoms with Gasteiger partial charge in [0.25, 0.3) is 0 Å². The number of hydrogen-bond donors (Lipinski definition) is 2. The Labute approximate surface area is 181 Å². The van der Waals surface area contributed by atoms with Gasteiger partial charge in [0.2, 0.25) is 0 Å². The van der Waals surface area contributed by atoms with Crippen molar-refractivity contribution in [2.75, 3.05) is 49.7 Å². The molecule has 31 heavy (non-hydrogen) atoms. The molecule has 1 atom stereocenters. The zero-order valence-electron chi connectivity index (χ0n) is 17.4. The number of nitrogens with zero attached hydrogens (tertiary/aromatic N) is 4. The molecule has 3 fully saturated rings. The molecular formula is C23H26N6O2. The van der Waals surface area contributed by atoms with Crippen LogP contribution in [-0.4, -0.2) is 59.9 Å².